The predicted octanol–water partition coefficient (Wildman–Crippen LogP) is 1.51. The molecule has 1 amide bonds. The second kappa shape index (κ2) is 5.32. The summed E-state index contributed by atoms with van der Waals surface area (Å²) in [6.45, 7) is 3.84. The van der Waals surface area contributed by atoms with Gasteiger partial charge in [-0.05, 0) is 24.1 Å². The van der Waals surface area contributed by atoms with Gasteiger partial charge in [-0.3, -0.25) is 9.69 Å². The van der Waals surface area contributed by atoms with Crippen LogP contribution in [0.25, 0.3) is 0 Å². The van der Waals surface area contributed by atoms with Crippen LogP contribution in [0.2, 0.25) is 0 Å². The lowest BCUT2D eigenvalue weighted by Crippen LogP contribution is -2.42. The van der Waals surface area contributed by atoms with Crippen LogP contribution < -0.4 is 5.73 Å². The van der Waals surface area contributed by atoms with E-state index in [9.17, 15) is 4.79 Å². The molecular formula is C12H17ClN2O. The molecule has 0 radical (unpaired) electrons. The number of carbonyl (C=O) groups excluding carboxylic acids is 1. The van der Waals surface area contributed by atoms with Crippen LogP contribution in [-0.4, -0.2) is 23.9 Å². The second-order valence-corrected chi connectivity index (χ2v) is 3.88. The Morgan fingerprint density at radius 1 is 1.50 bits per heavy atom. The lowest BCUT2D eigenvalue weighted by atomic mass is 9.92. The first-order valence-corrected chi connectivity index (χ1v) is 5.35. The molecule has 1 heterocycles. The summed E-state index contributed by atoms with van der Waals surface area (Å²) >= 11 is 0. The van der Waals surface area contributed by atoms with E-state index in [0.29, 0.717) is 0 Å². The van der Waals surface area contributed by atoms with Crippen LogP contribution in [0, 0.1) is 0 Å². The minimum absolute atomic E-state index is 0. The van der Waals surface area contributed by atoms with Gasteiger partial charge in [0.1, 0.15) is 6.04 Å². The molecule has 0 aliphatic carbocycles. The Morgan fingerprint density at radius 2 is 2.19 bits per heavy atom. The number of benzene rings is 1. The Balaban J connectivity index is 0.00000128. The molecule has 0 aromatic heterocycles. The van der Waals surface area contributed by atoms with Crippen LogP contribution in [0.4, 0.5) is 0 Å². The van der Waals surface area contributed by atoms with E-state index in [0.717, 1.165) is 25.1 Å². The van der Waals surface area contributed by atoms with Crippen molar-refractivity contribution in [2.24, 2.45) is 5.73 Å². The molecule has 1 atom stereocenters. The molecule has 0 saturated carbocycles. The molecule has 88 valence electrons. The summed E-state index contributed by atoms with van der Waals surface area (Å²) < 4.78 is 0. The van der Waals surface area contributed by atoms with Crippen molar-refractivity contribution in [2.75, 3.05) is 13.1 Å². The lowest BCUT2D eigenvalue weighted by Gasteiger charge is -2.34. The lowest BCUT2D eigenvalue weighted by molar-refractivity contribution is -0.123. The standard InChI is InChI=1S/C12H16N2O.ClH/c1-2-14-8-7-9-5-3-4-6-10(9)11(14)12(13)15;/h3-6,11H,2,7-8H2,1H3,(H2,13,15);1H. The van der Waals surface area contributed by atoms with Gasteiger partial charge in [0, 0.05) is 6.54 Å². The zero-order valence-electron chi connectivity index (χ0n) is 9.35. The monoisotopic (exact) mass is 240 g/mol. The molecule has 4 heteroatoms. The molecule has 2 N–H and O–H groups in total. The fraction of sp³-hybridized carbons (Fsp3) is 0.417. The van der Waals surface area contributed by atoms with Gasteiger partial charge in [0.15, 0.2) is 0 Å². The molecule has 0 bridgehead atoms. The average molecular weight is 241 g/mol. The van der Waals surface area contributed by atoms with Gasteiger partial charge in [-0.15, -0.1) is 12.4 Å². The molecule has 0 spiro atoms. The van der Waals surface area contributed by atoms with Gasteiger partial charge >= 0.3 is 0 Å². The van der Waals surface area contributed by atoms with Crippen molar-refractivity contribution in [1.82, 2.24) is 4.90 Å². The number of hydrogen-bond donors (Lipinski definition) is 1. The molecule has 1 aromatic rings. The molecule has 1 aliphatic heterocycles. The maximum absolute atomic E-state index is 11.5. The van der Waals surface area contributed by atoms with Crippen molar-refractivity contribution in [3.63, 3.8) is 0 Å². The number of fused-ring (bicyclic) bond motifs is 1. The van der Waals surface area contributed by atoms with E-state index < -0.39 is 0 Å². The fourth-order valence-corrected chi connectivity index (χ4v) is 2.29. The van der Waals surface area contributed by atoms with Gasteiger partial charge < -0.3 is 5.73 Å². The summed E-state index contributed by atoms with van der Waals surface area (Å²) in [5.74, 6) is -0.246. The molecule has 1 unspecified atom stereocenters. The number of halogens is 1. The Labute approximate surface area is 102 Å². The molecule has 0 saturated heterocycles. The number of rotatable bonds is 2. The molecule has 16 heavy (non-hydrogen) atoms. The third kappa shape index (κ3) is 2.20. The van der Waals surface area contributed by atoms with Crippen LogP contribution in [0.5, 0.6) is 0 Å². The molecular weight excluding hydrogens is 224 g/mol. The summed E-state index contributed by atoms with van der Waals surface area (Å²) in [7, 11) is 0. The Hall–Kier alpha value is -1.06. The zero-order valence-corrected chi connectivity index (χ0v) is 10.2. The summed E-state index contributed by atoms with van der Waals surface area (Å²) in [5.41, 5.74) is 7.80. The van der Waals surface area contributed by atoms with Crippen LogP contribution in [0.1, 0.15) is 24.1 Å². The fourth-order valence-electron chi connectivity index (χ4n) is 2.29. The third-order valence-electron chi connectivity index (χ3n) is 3.06. The first kappa shape index (κ1) is 13.0. The van der Waals surface area contributed by atoms with Crippen molar-refractivity contribution in [2.45, 2.75) is 19.4 Å². The maximum atomic E-state index is 11.5. The first-order valence-electron chi connectivity index (χ1n) is 5.35. The Kier molecular flexibility index (Phi) is 4.33. The third-order valence-corrected chi connectivity index (χ3v) is 3.06. The van der Waals surface area contributed by atoms with E-state index >= 15 is 0 Å². The zero-order chi connectivity index (χ0) is 10.8. The van der Waals surface area contributed by atoms with Crippen molar-refractivity contribution in [1.29, 1.82) is 0 Å². The minimum atomic E-state index is -0.246. The number of nitrogens with zero attached hydrogens (tertiary/aromatic N) is 1. The maximum Gasteiger partial charge on any atom is 0.239 e. The van der Waals surface area contributed by atoms with Crippen molar-refractivity contribution < 1.29 is 4.79 Å². The number of amides is 1. The van der Waals surface area contributed by atoms with Crippen molar-refractivity contribution in [3.05, 3.63) is 35.4 Å². The van der Waals surface area contributed by atoms with Crippen LogP contribution >= 0.6 is 12.4 Å². The summed E-state index contributed by atoms with van der Waals surface area (Å²) in [6.07, 6.45) is 1.01. The highest BCUT2D eigenvalue weighted by atomic mass is 35.5. The SMILES string of the molecule is CCN1CCc2ccccc2C1C(N)=O.Cl. The van der Waals surface area contributed by atoms with E-state index in [-0.39, 0.29) is 24.4 Å². The highest BCUT2D eigenvalue weighted by Crippen LogP contribution is 2.28. The molecule has 3 nitrogen and oxygen atoms in total. The normalized spacial score (nSPS) is 19.7. The summed E-state index contributed by atoms with van der Waals surface area (Å²) in [6, 6.07) is 7.83. The average Bonchev–Trinajstić information content (AvgIpc) is 2.27. The van der Waals surface area contributed by atoms with Crippen LogP contribution in [-0.2, 0) is 11.2 Å². The van der Waals surface area contributed by atoms with Gasteiger partial charge in [-0.1, -0.05) is 31.2 Å². The Morgan fingerprint density at radius 3 is 2.81 bits per heavy atom. The van der Waals surface area contributed by atoms with Gasteiger partial charge in [0.25, 0.3) is 0 Å². The van der Waals surface area contributed by atoms with Gasteiger partial charge in [-0.25, -0.2) is 0 Å². The predicted molar refractivity (Wildman–Crippen MR) is 66.6 cm³/mol. The smallest absolute Gasteiger partial charge is 0.239 e. The van der Waals surface area contributed by atoms with E-state index in [1.165, 1.54) is 5.56 Å². The van der Waals surface area contributed by atoms with E-state index in [2.05, 4.69) is 17.9 Å². The number of likely N-dealkylation sites (N-methyl/N-ethyl adjacent to an activating group) is 1. The molecule has 1 aromatic carbocycles. The Bertz CT molecular complexity index is 381. The molecule has 1 aliphatic rings. The molecule has 0 fully saturated rings. The highest BCUT2D eigenvalue weighted by Gasteiger charge is 2.29. The summed E-state index contributed by atoms with van der Waals surface area (Å²) in [5, 5.41) is 0. The highest BCUT2D eigenvalue weighted by molar-refractivity contribution is 5.85. The van der Waals surface area contributed by atoms with Crippen LogP contribution in [0.15, 0.2) is 24.3 Å². The van der Waals surface area contributed by atoms with E-state index in [1.54, 1.807) is 0 Å². The first-order chi connectivity index (χ1) is 7.24. The quantitative estimate of drug-likeness (QED) is 0.852. The van der Waals surface area contributed by atoms with E-state index in [4.69, 9.17) is 5.73 Å². The summed E-state index contributed by atoms with van der Waals surface area (Å²) in [4.78, 5) is 13.6. The van der Waals surface area contributed by atoms with Crippen molar-refractivity contribution >= 4 is 18.3 Å². The minimum Gasteiger partial charge on any atom is -0.368 e. The van der Waals surface area contributed by atoms with Gasteiger partial charge in [0.2, 0.25) is 5.91 Å². The molecule has 2 rings (SSSR count). The van der Waals surface area contributed by atoms with Crippen molar-refractivity contribution in [3.8, 4) is 0 Å². The number of carbonyl (C=O) groups is 1. The second-order valence-electron chi connectivity index (χ2n) is 3.88. The largest absolute Gasteiger partial charge is 0.368 e. The van der Waals surface area contributed by atoms with Gasteiger partial charge in [-0.2, -0.15) is 0 Å². The van der Waals surface area contributed by atoms with Crippen LogP contribution in [0.3, 0.4) is 0 Å². The van der Waals surface area contributed by atoms with E-state index in [1.807, 2.05) is 18.2 Å². The number of nitrogens with two attached hydrogens (primary N) is 1. The topological polar surface area (TPSA) is 46.3 Å². The number of primary amides is 1. The number of hydrogen-bond acceptors (Lipinski definition) is 2. The van der Waals surface area contributed by atoms with Gasteiger partial charge in [0.05, 0.1) is 0 Å².